The van der Waals surface area contributed by atoms with E-state index in [4.69, 9.17) is 21.4 Å². The number of benzene rings is 2. The molecule has 1 aliphatic carbocycles. The largest absolute Gasteiger partial charge is 0.479 e. The molecule has 0 bridgehead atoms. The molecule has 3 aromatic rings. The van der Waals surface area contributed by atoms with Gasteiger partial charge in [0.2, 0.25) is 0 Å². The summed E-state index contributed by atoms with van der Waals surface area (Å²) in [4.78, 5) is 15.5. The zero-order valence-corrected chi connectivity index (χ0v) is 21.4. The number of fused-ring (bicyclic) bond motifs is 1. The van der Waals surface area contributed by atoms with Crippen molar-refractivity contribution in [2.45, 2.75) is 45.1 Å². The second-order valence-electron chi connectivity index (χ2n) is 8.90. The summed E-state index contributed by atoms with van der Waals surface area (Å²) < 4.78 is 44.0. The Labute approximate surface area is 216 Å². The average Bonchev–Trinajstić information content (AvgIpc) is 2.85. The molecule has 0 radical (unpaired) electrons. The molecule has 0 amide bonds. The number of hydrogen-bond donors (Lipinski definition) is 2. The van der Waals surface area contributed by atoms with Gasteiger partial charge in [-0.3, -0.25) is 4.55 Å². The van der Waals surface area contributed by atoms with E-state index < -0.39 is 35.7 Å². The topological polar surface area (TPSA) is 100.0 Å². The number of carbonyl (C=O) groups is 1. The highest BCUT2D eigenvalue weighted by atomic mass is 35.5. The van der Waals surface area contributed by atoms with Gasteiger partial charge in [-0.15, -0.1) is 0 Å². The Balaban J connectivity index is 1.71. The fourth-order valence-corrected chi connectivity index (χ4v) is 5.39. The van der Waals surface area contributed by atoms with Crippen LogP contribution in [0.3, 0.4) is 0 Å². The first-order valence-corrected chi connectivity index (χ1v) is 12.9. The van der Waals surface area contributed by atoms with Crippen LogP contribution in [0.25, 0.3) is 11.1 Å². The Bertz CT molecular complexity index is 1300. The molecular weight excluding hydrogens is 507 g/mol. The number of anilines is 1. The van der Waals surface area contributed by atoms with Crippen LogP contribution in [0.5, 0.6) is 5.75 Å². The summed E-state index contributed by atoms with van der Waals surface area (Å²) in [5.41, 5.74) is 3.99. The maximum Gasteiger partial charge on any atom is 0.341 e. The van der Waals surface area contributed by atoms with Gasteiger partial charge in [0.05, 0.1) is 11.1 Å². The molecule has 0 aliphatic heterocycles. The Morgan fingerprint density at radius 1 is 1.28 bits per heavy atom. The maximum atomic E-state index is 14.7. The Morgan fingerprint density at radius 3 is 2.69 bits per heavy atom. The summed E-state index contributed by atoms with van der Waals surface area (Å²) in [6.45, 7) is 3.51. The van der Waals surface area contributed by atoms with Gasteiger partial charge in [-0.2, -0.15) is 0 Å². The van der Waals surface area contributed by atoms with Gasteiger partial charge in [0.25, 0.3) is 11.3 Å². The summed E-state index contributed by atoms with van der Waals surface area (Å²) in [7, 11) is 0. The van der Waals surface area contributed by atoms with E-state index in [0.717, 1.165) is 11.1 Å². The summed E-state index contributed by atoms with van der Waals surface area (Å²) >= 11 is 3.66. The van der Waals surface area contributed by atoms with Crippen molar-refractivity contribution >= 4 is 34.7 Å². The van der Waals surface area contributed by atoms with Crippen LogP contribution in [0.2, 0.25) is 5.02 Å². The van der Waals surface area contributed by atoms with Crippen LogP contribution in [0, 0.1) is 5.82 Å². The van der Waals surface area contributed by atoms with Crippen molar-refractivity contribution in [1.29, 1.82) is 0 Å². The van der Waals surface area contributed by atoms with Crippen molar-refractivity contribution < 1.29 is 27.8 Å². The highest BCUT2D eigenvalue weighted by Crippen LogP contribution is 2.44. The number of pyridine rings is 1. The first-order chi connectivity index (χ1) is 17.2. The van der Waals surface area contributed by atoms with Crippen LogP contribution in [-0.4, -0.2) is 31.4 Å². The number of carboxylic acids is 1. The molecule has 0 fully saturated rings. The standard InChI is InChI=1S/C26H26ClFN2O5S/c1-15(2)16-5-3-6-17(11-16)18-9-10-23(29-13-18)30(36(33)34)22-8-4-7-19-20(22)12-21(27)25(28)26(19)35-14-24(31)32/h3,5-6,9-13,15,22H,4,7-8,14H2,1-2H3,(H,31,32)(H,33,34). The van der Waals surface area contributed by atoms with Gasteiger partial charge >= 0.3 is 5.97 Å². The van der Waals surface area contributed by atoms with E-state index in [1.165, 1.54) is 15.9 Å². The van der Waals surface area contributed by atoms with E-state index >= 15 is 0 Å². The first-order valence-electron chi connectivity index (χ1n) is 11.5. The molecule has 1 aromatic heterocycles. The minimum atomic E-state index is -2.45. The normalized spacial score (nSPS) is 15.9. The number of halogens is 2. The highest BCUT2D eigenvalue weighted by molar-refractivity contribution is 7.80. The number of nitrogens with zero attached hydrogens (tertiary/aromatic N) is 2. The lowest BCUT2D eigenvalue weighted by molar-refractivity contribution is -0.139. The van der Waals surface area contributed by atoms with Crippen molar-refractivity contribution in [3.8, 4) is 16.9 Å². The van der Waals surface area contributed by atoms with Gasteiger partial charge in [-0.05, 0) is 60.1 Å². The molecule has 0 spiro atoms. The van der Waals surface area contributed by atoms with Crippen LogP contribution in [0.15, 0.2) is 48.7 Å². The molecule has 1 heterocycles. The van der Waals surface area contributed by atoms with Gasteiger partial charge in [0, 0.05) is 17.3 Å². The molecule has 2 atom stereocenters. The molecule has 10 heteroatoms. The summed E-state index contributed by atoms with van der Waals surface area (Å²) in [5.74, 6) is -1.69. The molecule has 1 aliphatic rings. The van der Waals surface area contributed by atoms with Crippen molar-refractivity contribution in [3.05, 3.63) is 76.2 Å². The average molecular weight is 533 g/mol. The quantitative estimate of drug-likeness (QED) is 0.338. The van der Waals surface area contributed by atoms with E-state index in [2.05, 4.69) is 31.0 Å². The van der Waals surface area contributed by atoms with Gasteiger partial charge in [-0.1, -0.05) is 49.7 Å². The van der Waals surface area contributed by atoms with Crippen LogP contribution >= 0.6 is 11.6 Å². The predicted molar refractivity (Wildman–Crippen MR) is 137 cm³/mol. The second-order valence-corrected chi connectivity index (χ2v) is 10.2. The maximum absolute atomic E-state index is 14.7. The van der Waals surface area contributed by atoms with Crippen LogP contribution in [-0.2, 0) is 22.5 Å². The third-order valence-electron chi connectivity index (χ3n) is 6.23. The number of carboxylic acid groups (broad SMARTS) is 1. The lowest BCUT2D eigenvalue weighted by Gasteiger charge is -2.34. The zero-order valence-electron chi connectivity index (χ0n) is 19.8. The molecule has 2 aromatic carbocycles. The Hall–Kier alpha value is -3.01. The molecule has 36 heavy (non-hydrogen) atoms. The lowest BCUT2D eigenvalue weighted by Crippen LogP contribution is -2.33. The fraction of sp³-hybridized carbons (Fsp3) is 0.308. The summed E-state index contributed by atoms with van der Waals surface area (Å²) in [6, 6.07) is 12.4. The van der Waals surface area contributed by atoms with Crippen molar-refractivity contribution in [3.63, 3.8) is 0 Å². The van der Waals surface area contributed by atoms with Crippen molar-refractivity contribution in [2.24, 2.45) is 0 Å². The predicted octanol–water partition coefficient (Wildman–Crippen LogP) is 6.15. The smallest absolute Gasteiger partial charge is 0.341 e. The van der Waals surface area contributed by atoms with E-state index in [-0.39, 0.29) is 16.6 Å². The minimum Gasteiger partial charge on any atom is -0.479 e. The molecule has 0 saturated carbocycles. The lowest BCUT2D eigenvalue weighted by atomic mass is 9.86. The number of hydrogen-bond acceptors (Lipinski definition) is 4. The highest BCUT2D eigenvalue weighted by Gasteiger charge is 2.34. The Kier molecular flexibility index (Phi) is 7.92. The van der Waals surface area contributed by atoms with Gasteiger partial charge in [0.15, 0.2) is 18.2 Å². The van der Waals surface area contributed by atoms with Gasteiger partial charge in [-0.25, -0.2) is 22.7 Å². The number of aliphatic carboxylic acids is 1. The number of rotatable bonds is 8. The third kappa shape index (κ3) is 5.38. The molecule has 0 saturated heterocycles. The molecule has 7 nitrogen and oxygen atoms in total. The second kappa shape index (κ2) is 10.9. The van der Waals surface area contributed by atoms with Crippen LogP contribution < -0.4 is 9.04 Å². The third-order valence-corrected chi connectivity index (χ3v) is 7.28. The first kappa shape index (κ1) is 26.1. The number of ether oxygens (including phenoxy) is 1. The van der Waals surface area contributed by atoms with Gasteiger partial charge in [0.1, 0.15) is 5.82 Å². The molecule has 4 rings (SSSR count). The Morgan fingerprint density at radius 2 is 2.06 bits per heavy atom. The summed E-state index contributed by atoms with van der Waals surface area (Å²) in [6.07, 6.45) is 3.12. The van der Waals surface area contributed by atoms with Crippen LogP contribution in [0.4, 0.5) is 10.2 Å². The van der Waals surface area contributed by atoms with Crippen molar-refractivity contribution in [1.82, 2.24) is 4.98 Å². The number of aromatic nitrogens is 1. The zero-order chi connectivity index (χ0) is 26.0. The van der Waals surface area contributed by atoms with E-state index in [0.29, 0.717) is 36.3 Å². The van der Waals surface area contributed by atoms with Crippen LogP contribution in [0.1, 0.15) is 55.3 Å². The molecule has 2 unspecified atom stereocenters. The minimum absolute atomic E-state index is 0.235. The molecule has 190 valence electrons. The van der Waals surface area contributed by atoms with Crippen molar-refractivity contribution in [2.75, 3.05) is 10.9 Å². The van der Waals surface area contributed by atoms with E-state index in [1.54, 1.807) is 12.3 Å². The SMILES string of the molecule is CC(C)c1cccc(-c2ccc(N(C3CCCc4c3cc(Cl)c(F)c4OCC(=O)O)S(=O)O)nc2)c1. The summed E-state index contributed by atoms with van der Waals surface area (Å²) in [5, 5.41) is 8.73. The monoisotopic (exact) mass is 532 g/mol. The van der Waals surface area contributed by atoms with Gasteiger partial charge < -0.3 is 9.84 Å². The molecular formula is C26H26ClFN2O5S. The van der Waals surface area contributed by atoms with E-state index in [9.17, 15) is 17.9 Å². The fourth-order valence-electron chi connectivity index (χ4n) is 4.48. The van der Waals surface area contributed by atoms with E-state index in [1.807, 2.05) is 18.2 Å². The molecule has 2 N–H and O–H groups in total.